The smallest absolute Gasteiger partial charge is 0.347 e. The quantitative estimate of drug-likeness (QED) is 0.262. The van der Waals surface area contributed by atoms with Crippen LogP contribution in [0.15, 0.2) is 71.8 Å². The van der Waals surface area contributed by atoms with Crippen LogP contribution < -0.4 is 19.9 Å². The summed E-state index contributed by atoms with van der Waals surface area (Å²) in [6.45, 7) is 2.38. The zero-order valence-corrected chi connectivity index (χ0v) is 23.2. The van der Waals surface area contributed by atoms with E-state index in [4.69, 9.17) is 25.8 Å². The van der Waals surface area contributed by atoms with Gasteiger partial charge in [-0.05, 0) is 60.0 Å². The molecule has 0 bridgehead atoms. The Balaban J connectivity index is 1.87. The zero-order valence-electron chi connectivity index (χ0n) is 22.5. The van der Waals surface area contributed by atoms with Crippen LogP contribution in [0.2, 0.25) is 5.02 Å². The second-order valence-electron chi connectivity index (χ2n) is 8.90. The van der Waals surface area contributed by atoms with E-state index in [2.05, 4.69) is 4.98 Å². The highest BCUT2D eigenvalue weighted by molar-refractivity contribution is 6.32. The Morgan fingerprint density at radius 3 is 1.98 bits per heavy atom. The van der Waals surface area contributed by atoms with E-state index in [0.29, 0.717) is 41.4 Å². The van der Waals surface area contributed by atoms with Crippen LogP contribution in [-0.2, 0) is 17.8 Å². The van der Waals surface area contributed by atoms with Gasteiger partial charge in [0.2, 0.25) is 0 Å². The number of esters is 1. The van der Waals surface area contributed by atoms with Gasteiger partial charge in [-0.15, -0.1) is 0 Å². The SMILES string of the molecule is COC(=O)c1c(N(Cc2ccc(OC)cc2)Cc2ccc(OC)cc2)ncn(-c2c(C)cc(C#N)cc2Cl)c1=O. The molecule has 1 heterocycles. The number of nitrogens with zero attached hydrogens (tertiary/aromatic N) is 4. The molecule has 1 aromatic heterocycles. The van der Waals surface area contributed by atoms with E-state index in [-0.39, 0.29) is 16.4 Å². The fourth-order valence-electron chi connectivity index (χ4n) is 4.34. The molecule has 9 nitrogen and oxygen atoms in total. The van der Waals surface area contributed by atoms with E-state index in [0.717, 1.165) is 11.1 Å². The predicted molar refractivity (Wildman–Crippen MR) is 152 cm³/mol. The molecule has 0 spiro atoms. The molecule has 0 saturated heterocycles. The number of ether oxygens (including phenoxy) is 3. The Morgan fingerprint density at radius 1 is 0.975 bits per heavy atom. The highest BCUT2D eigenvalue weighted by Crippen LogP contribution is 2.27. The van der Waals surface area contributed by atoms with Crippen molar-refractivity contribution in [3.8, 4) is 23.3 Å². The lowest BCUT2D eigenvalue weighted by Crippen LogP contribution is -2.33. The number of hydrogen-bond donors (Lipinski definition) is 0. The van der Waals surface area contributed by atoms with Gasteiger partial charge in [0.1, 0.15) is 17.8 Å². The first-order valence-electron chi connectivity index (χ1n) is 12.2. The Hall–Kier alpha value is -4.81. The Bertz CT molecular complexity index is 1550. The molecule has 0 aliphatic carbocycles. The summed E-state index contributed by atoms with van der Waals surface area (Å²) in [5.41, 5.74) is 2.16. The van der Waals surface area contributed by atoms with Crippen molar-refractivity contribution in [3.05, 3.63) is 110 Å². The number of anilines is 1. The fraction of sp³-hybridized carbons (Fsp3) is 0.200. The van der Waals surface area contributed by atoms with Crippen LogP contribution in [-0.4, -0.2) is 36.8 Å². The van der Waals surface area contributed by atoms with Crippen molar-refractivity contribution < 1.29 is 19.0 Å². The van der Waals surface area contributed by atoms with Gasteiger partial charge >= 0.3 is 5.97 Å². The molecule has 4 aromatic rings. The maximum Gasteiger partial charge on any atom is 0.347 e. The van der Waals surface area contributed by atoms with Crippen molar-refractivity contribution >= 4 is 23.4 Å². The topological polar surface area (TPSA) is 107 Å². The predicted octanol–water partition coefficient (Wildman–Crippen LogP) is 5.08. The van der Waals surface area contributed by atoms with Crippen LogP contribution in [0, 0.1) is 18.3 Å². The monoisotopic (exact) mass is 558 g/mol. The van der Waals surface area contributed by atoms with E-state index in [1.807, 2.05) is 59.5 Å². The lowest BCUT2D eigenvalue weighted by molar-refractivity contribution is 0.0598. The van der Waals surface area contributed by atoms with Crippen LogP contribution in [0.4, 0.5) is 5.82 Å². The number of carbonyl (C=O) groups is 1. The number of nitriles is 1. The molecule has 3 aromatic carbocycles. The molecule has 204 valence electrons. The first-order chi connectivity index (χ1) is 19.3. The number of aromatic nitrogens is 2. The molecular weight excluding hydrogens is 532 g/mol. The van der Waals surface area contributed by atoms with Crippen LogP contribution in [0.5, 0.6) is 11.5 Å². The van der Waals surface area contributed by atoms with Crippen LogP contribution in [0.3, 0.4) is 0 Å². The average molecular weight is 559 g/mol. The van der Waals surface area contributed by atoms with Gasteiger partial charge in [-0.3, -0.25) is 9.36 Å². The van der Waals surface area contributed by atoms with Crippen molar-refractivity contribution in [2.75, 3.05) is 26.2 Å². The third-order valence-corrected chi connectivity index (χ3v) is 6.62. The highest BCUT2D eigenvalue weighted by atomic mass is 35.5. The van der Waals surface area contributed by atoms with Crippen molar-refractivity contribution in [1.29, 1.82) is 5.26 Å². The van der Waals surface area contributed by atoms with Gasteiger partial charge in [-0.2, -0.15) is 5.26 Å². The van der Waals surface area contributed by atoms with E-state index in [1.54, 1.807) is 27.2 Å². The van der Waals surface area contributed by atoms with E-state index < -0.39 is 11.5 Å². The molecular formula is C30H27ClN4O5. The summed E-state index contributed by atoms with van der Waals surface area (Å²) in [6, 6.07) is 20.1. The highest BCUT2D eigenvalue weighted by Gasteiger charge is 2.26. The second-order valence-corrected chi connectivity index (χ2v) is 9.30. The third-order valence-electron chi connectivity index (χ3n) is 6.33. The molecule has 0 aliphatic heterocycles. The zero-order chi connectivity index (χ0) is 28.8. The fourth-order valence-corrected chi connectivity index (χ4v) is 4.70. The van der Waals surface area contributed by atoms with E-state index in [9.17, 15) is 14.9 Å². The molecule has 10 heteroatoms. The summed E-state index contributed by atoms with van der Waals surface area (Å²) in [5.74, 6) is 0.730. The first kappa shape index (κ1) is 28.2. The molecule has 0 unspecified atom stereocenters. The van der Waals surface area contributed by atoms with Gasteiger partial charge in [-0.1, -0.05) is 35.9 Å². The molecule has 0 aliphatic rings. The number of rotatable bonds is 9. The summed E-state index contributed by atoms with van der Waals surface area (Å²) in [6.07, 6.45) is 1.33. The number of aryl methyl sites for hydroxylation is 1. The molecule has 0 fully saturated rings. The number of halogens is 1. The maximum absolute atomic E-state index is 13.9. The molecule has 0 radical (unpaired) electrons. The van der Waals surface area contributed by atoms with Gasteiger partial charge in [0, 0.05) is 13.1 Å². The van der Waals surface area contributed by atoms with Gasteiger partial charge in [0.25, 0.3) is 5.56 Å². The van der Waals surface area contributed by atoms with Crippen LogP contribution >= 0.6 is 11.6 Å². The molecule has 0 atom stereocenters. The number of hydrogen-bond acceptors (Lipinski definition) is 8. The first-order valence-corrected chi connectivity index (χ1v) is 12.6. The minimum atomic E-state index is -0.835. The van der Waals surface area contributed by atoms with Crippen LogP contribution in [0.1, 0.15) is 32.6 Å². The Kier molecular flexibility index (Phi) is 8.72. The lowest BCUT2D eigenvalue weighted by atomic mass is 10.1. The Labute approximate surface area is 236 Å². The van der Waals surface area contributed by atoms with Crippen molar-refractivity contribution in [2.24, 2.45) is 0 Å². The molecule has 0 amide bonds. The minimum Gasteiger partial charge on any atom is -0.497 e. The van der Waals surface area contributed by atoms with Crippen LogP contribution in [0.25, 0.3) is 5.69 Å². The molecule has 0 saturated carbocycles. The summed E-state index contributed by atoms with van der Waals surface area (Å²) >= 11 is 6.47. The molecule has 0 N–H and O–H groups in total. The largest absolute Gasteiger partial charge is 0.497 e. The minimum absolute atomic E-state index is 0.155. The van der Waals surface area contributed by atoms with Crippen molar-refractivity contribution in [3.63, 3.8) is 0 Å². The Morgan fingerprint density at radius 2 is 1.52 bits per heavy atom. The summed E-state index contributed by atoms with van der Waals surface area (Å²) in [5, 5.41) is 9.46. The number of benzene rings is 3. The number of carbonyl (C=O) groups excluding carboxylic acids is 1. The molecule has 4 rings (SSSR count). The second kappa shape index (κ2) is 12.4. The molecule has 40 heavy (non-hydrogen) atoms. The third kappa shape index (κ3) is 5.92. The van der Waals surface area contributed by atoms with E-state index in [1.165, 1.54) is 24.1 Å². The average Bonchev–Trinajstić information content (AvgIpc) is 2.97. The normalized spacial score (nSPS) is 10.5. The van der Waals surface area contributed by atoms with Gasteiger partial charge in [0.15, 0.2) is 11.4 Å². The van der Waals surface area contributed by atoms with Crippen molar-refractivity contribution in [1.82, 2.24) is 9.55 Å². The van der Waals surface area contributed by atoms with Crippen molar-refractivity contribution in [2.45, 2.75) is 20.0 Å². The summed E-state index contributed by atoms with van der Waals surface area (Å²) in [7, 11) is 4.39. The summed E-state index contributed by atoms with van der Waals surface area (Å²) < 4.78 is 16.8. The maximum atomic E-state index is 13.9. The standard InChI is InChI=1S/C30H27ClN4O5/c1-19-13-22(15-32)14-25(31)27(19)35-18-33-28(26(29(35)36)30(37)40-4)34(16-20-5-9-23(38-2)10-6-20)17-21-7-11-24(39-3)12-8-21/h5-14,18H,16-17H2,1-4H3. The van der Waals surface area contributed by atoms with Gasteiger partial charge < -0.3 is 19.1 Å². The lowest BCUT2D eigenvalue weighted by Gasteiger charge is -2.26. The van der Waals surface area contributed by atoms with Gasteiger partial charge in [-0.25, -0.2) is 9.78 Å². The number of methoxy groups -OCH3 is 3. The van der Waals surface area contributed by atoms with Gasteiger partial charge in [0.05, 0.1) is 43.7 Å². The summed E-state index contributed by atoms with van der Waals surface area (Å²) in [4.78, 5) is 33.4. The van der Waals surface area contributed by atoms with E-state index >= 15 is 0 Å².